The van der Waals surface area contributed by atoms with Crippen molar-refractivity contribution in [2.45, 2.75) is 26.4 Å². The standard InChI is InChI=1S/C22H22O4/c1-22(13-14-22)20(23)12-7-16-5-10-19(11-6-16)26-15-17-3-8-18(9-4-17)21(24)25-2/h3-12H,13-15H2,1-2H3/b12-7+. The van der Waals surface area contributed by atoms with Crippen LogP contribution in [0, 0.1) is 5.41 Å². The fourth-order valence-corrected chi connectivity index (χ4v) is 2.50. The summed E-state index contributed by atoms with van der Waals surface area (Å²) in [6.07, 6.45) is 5.50. The van der Waals surface area contributed by atoms with Gasteiger partial charge in [0.2, 0.25) is 0 Å². The molecule has 0 amide bonds. The highest BCUT2D eigenvalue weighted by atomic mass is 16.5. The summed E-state index contributed by atoms with van der Waals surface area (Å²) in [5, 5.41) is 0. The molecule has 2 aromatic rings. The van der Waals surface area contributed by atoms with Crippen molar-refractivity contribution in [1.82, 2.24) is 0 Å². The molecule has 1 aliphatic carbocycles. The number of esters is 1. The summed E-state index contributed by atoms with van der Waals surface area (Å²) in [6, 6.07) is 14.7. The van der Waals surface area contributed by atoms with E-state index in [1.54, 1.807) is 18.2 Å². The molecular formula is C22H22O4. The van der Waals surface area contributed by atoms with Gasteiger partial charge < -0.3 is 9.47 Å². The molecule has 0 saturated heterocycles. The van der Waals surface area contributed by atoms with Crippen LogP contribution >= 0.6 is 0 Å². The molecule has 0 bridgehead atoms. The first kappa shape index (κ1) is 17.9. The van der Waals surface area contributed by atoms with E-state index in [9.17, 15) is 9.59 Å². The van der Waals surface area contributed by atoms with Gasteiger partial charge in [-0.2, -0.15) is 0 Å². The molecule has 1 aliphatic rings. The second-order valence-corrected chi connectivity index (χ2v) is 6.80. The van der Waals surface area contributed by atoms with Crippen LogP contribution in [0.15, 0.2) is 54.6 Å². The molecule has 0 radical (unpaired) electrons. The van der Waals surface area contributed by atoms with Crippen LogP contribution in [-0.4, -0.2) is 18.9 Å². The first-order chi connectivity index (χ1) is 12.5. The van der Waals surface area contributed by atoms with Crippen LogP contribution in [0.4, 0.5) is 0 Å². The number of ketones is 1. The number of carbonyl (C=O) groups is 2. The monoisotopic (exact) mass is 350 g/mol. The fourth-order valence-electron chi connectivity index (χ4n) is 2.50. The molecule has 0 spiro atoms. The van der Waals surface area contributed by atoms with Gasteiger partial charge in [-0.3, -0.25) is 4.79 Å². The van der Waals surface area contributed by atoms with Crippen LogP contribution < -0.4 is 4.74 Å². The Morgan fingerprint density at radius 1 is 1.04 bits per heavy atom. The van der Waals surface area contributed by atoms with Gasteiger partial charge in [0.25, 0.3) is 0 Å². The molecule has 1 saturated carbocycles. The topological polar surface area (TPSA) is 52.6 Å². The Bertz CT molecular complexity index is 812. The van der Waals surface area contributed by atoms with Crippen molar-refractivity contribution >= 4 is 17.8 Å². The SMILES string of the molecule is COC(=O)c1ccc(COc2ccc(/C=C/C(=O)C3(C)CC3)cc2)cc1. The van der Waals surface area contributed by atoms with Crippen molar-refractivity contribution in [3.05, 3.63) is 71.3 Å². The third kappa shape index (κ3) is 4.39. The summed E-state index contributed by atoms with van der Waals surface area (Å²) in [7, 11) is 1.36. The predicted octanol–water partition coefficient (Wildman–Crippen LogP) is 4.43. The molecule has 3 rings (SSSR count). The molecule has 4 heteroatoms. The van der Waals surface area contributed by atoms with E-state index in [0.29, 0.717) is 12.2 Å². The van der Waals surface area contributed by atoms with Crippen LogP contribution in [0.5, 0.6) is 5.75 Å². The van der Waals surface area contributed by atoms with Crippen molar-refractivity contribution < 1.29 is 19.1 Å². The smallest absolute Gasteiger partial charge is 0.337 e. The predicted molar refractivity (Wildman–Crippen MR) is 99.9 cm³/mol. The highest BCUT2D eigenvalue weighted by molar-refractivity contribution is 5.99. The van der Waals surface area contributed by atoms with Crippen molar-refractivity contribution in [1.29, 1.82) is 0 Å². The number of hydrogen-bond donors (Lipinski definition) is 0. The van der Waals surface area contributed by atoms with E-state index < -0.39 is 0 Å². The molecule has 0 aliphatic heterocycles. The van der Waals surface area contributed by atoms with Crippen LogP contribution in [0.2, 0.25) is 0 Å². The molecule has 2 aromatic carbocycles. The van der Waals surface area contributed by atoms with Gasteiger partial charge in [-0.25, -0.2) is 4.79 Å². The minimum absolute atomic E-state index is 0.122. The third-order valence-electron chi connectivity index (χ3n) is 4.68. The maximum absolute atomic E-state index is 12.0. The summed E-state index contributed by atoms with van der Waals surface area (Å²) >= 11 is 0. The van der Waals surface area contributed by atoms with Gasteiger partial charge in [0.15, 0.2) is 5.78 Å². The van der Waals surface area contributed by atoms with Gasteiger partial charge in [0.1, 0.15) is 12.4 Å². The lowest BCUT2D eigenvalue weighted by Crippen LogP contribution is -2.07. The molecule has 0 heterocycles. The lowest BCUT2D eigenvalue weighted by Gasteiger charge is -2.07. The zero-order valence-corrected chi connectivity index (χ0v) is 15.0. The van der Waals surface area contributed by atoms with Gasteiger partial charge in [0, 0.05) is 5.41 Å². The first-order valence-corrected chi connectivity index (χ1v) is 8.63. The quantitative estimate of drug-likeness (QED) is 0.547. The van der Waals surface area contributed by atoms with Crippen molar-refractivity contribution in [2.24, 2.45) is 5.41 Å². The minimum Gasteiger partial charge on any atom is -0.489 e. The lowest BCUT2D eigenvalue weighted by molar-refractivity contribution is -0.118. The third-order valence-corrected chi connectivity index (χ3v) is 4.68. The van der Waals surface area contributed by atoms with E-state index in [1.165, 1.54) is 7.11 Å². The van der Waals surface area contributed by atoms with Gasteiger partial charge in [-0.05, 0) is 54.3 Å². The Hall–Kier alpha value is -2.88. The average molecular weight is 350 g/mol. The molecule has 1 fully saturated rings. The number of hydrogen-bond acceptors (Lipinski definition) is 4. The van der Waals surface area contributed by atoms with E-state index in [0.717, 1.165) is 29.7 Å². The summed E-state index contributed by atoms with van der Waals surface area (Å²) in [5.41, 5.74) is 2.33. The lowest BCUT2D eigenvalue weighted by atomic mass is 10.0. The maximum atomic E-state index is 12.0. The minimum atomic E-state index is -0.352. The number of benzene rings is 2. The average Bonchev–Trinajstić information content (AvgIpc) is 3.44. The van der Waals surface area contributed by atoms with E-state index in [4.69, 9.17) is 4.74 Å². The number of carbonyl (C=O) groups excluding carboxylic acids is 2. The van der Waals surface area contributed by atoms with E-state index >= 15 is 0 Å². The Morgan fingerprint density at radius 2 is 1.69 bits per heavy atom. The van der Waals surface area contributed by atoms with Crippen LogP contribution in [0.3, 0.4) is 0 Å². The second kappa shape index (κ2) is 7.56. The zero-order chi connectivity index (χ0) is 18.6. The highest BCUT2D eigenvalue weighted by Crippen LogP contribution is 2.46. The molecule has 134 valence electrons. The van der Waals surface area contributed by atoms with E-state index in [1.807, 2.05) is 49.4 Å². The zero-order valence-electron chi connectivity index (χ0n) is 15.0. The molecule has 0 atom stereocenters. The summed E-state index contributed by atoms with van der Waals surface area (Å²) < 4.78 is 10.4. The second-order valence-electron chi connectivity index (χ2n) is 6.80. The van der Waals surface area contributed by atoms with Crippen LogP contribution in [0.1, 0.15) is 41.3 Å². The van der Waals surface area contributed by atoms with Crippen LogP contribution in [0.25, 0.3) is 6.08 Å². The van der Waals surface area contributed by atoms with Crippen molar-refractivity contribution in [2.75, 3.05) is 7.11 Å². The largest absolute Gasteiger partial charge is 0.489 e. The fraction of sp³-hybridized carbons (Fsp3) is 0.273. The molecule has 0 N–H and O–H groups in total. The van der Waals surface area contributed by atoms with Gasteiger partial charge >= 0.3 is 5.97 Å². The highest BCUT2D eigenvalue weighted by Gasteiger charge is 2.42. The Labute approximate surface area is 153 Å². The summed E-state index contributed by atoms with van der Waals surface area (Å²) in [4.78, 5) is 23.4. The Morgan fingerprint density at radius 3 is 2.27 bits per heavy atom. The normalized spacial score (nSPS) is 14.8. The Balaban J connectivity index is 1.53. The molecule has 26 heavy (non-hydrogen) atoms. The maximum Gasteiger partial charge on any atom is 0.337 e. The molecule has 0 unspecified atom stereocenters. The van der Waals surface area contributed by atoms with E-state index in [2.05, 4.69) is 4.74 Å². The van der Waals surface area contributed by atoms with Gasteiger partial charge in [-0.15, -0.1) is 0 Å². The summed E-state index contributed by atoms with van der Waals surface area (Å²) in [5.74, 6) is 0.600. The van der Waals surface area contributed by atoms with Gasteiger partial charge in [-0.1, -0.05) is 37.3 Å². The number of rotatable bonds is 7. The Kier molecular flexibility index (Phi) is 5.21. The van der Waals surface area contributed by atoms with Crippen molar-refractivity contribution in [3.8, 4) is 5.75 Å². The molecular weight excluding hydrogens is 328 g/mol. The van der Waals surface area contributed by atoms with Gasteiger partial charge in [0.05, 0.1) is 12.7 Å². The number of ether oxygens (including phenoxy) is 2. The molecule has 4 nitrogen and oxygen atoms in total. The van der Waals surface area contributed by atoms with Crippen LogP contribution in [-0.2, 0) is 16.1 Å². The first-order valence-electron chi connectivity index (χ1n) is 8.63. The number of methoxy groups -OCH3 is 1. The van der Waals surface area contributed by atoms with Crippen molar-refractivity contribution in [3.63, 3.8) is 0 Å². The summed E-state index contributed by atoms with van der Waals surface area (Å²) in [6.45, 7) is 2.42. The van der Waals surface area contributed by atoms with E-state index in [-0.39, 0.29) is 17.2 Å². The molecule has 0 aromatic heterocycles. The number of allylic oxidation sites excluding steroid dienone is 1.